The van der Waals surface area contributed by atoms with Crippen LogP contribution < -0.4 is 5.73 Å². The molecule has 1 aliphatic heterocycles. The molecular weight excluding hydrogens is 293 g/mol. The van der Waals surface area contributed by atoms with Crippen molar-refractivity contribution in [2.45, 2.75) is 35.6 Å². The fraction of sp³-hybridized carbons (Fsp3) is 0.467. The van der Waals surface area contributed by atoms with Gasteiger partial charge in [-0.25, -0.2) is 4.39 Å². The second kappa shape index (κ2) is 5.62. The second-order valence-corrected chi connectivity index (χ2v) is 8.28. The van der Waals surface area contributed by atoms with Gasteiger partial charge in [-0.05, 0) is 12.1 Å². The Morgan fingerprint density at radius 3 is 2.85 bits per heavy atom. The molecule has 2 nitrogen and oxygen atoms in total. The number of benzene rings is 1. The largest absolute Gasteiger partial charge is 0.456 e. The molecule has 1 aromatic heterocycles. The van der Waals surface area contributed by atoms with E-state index in [0.717, 1.165) is 11.1 Å². The Balaban J connectivity index is 1.85. The van der Waals surface area contributed by atoms with E-state index >= 15 is 0 Å². The summed E-state index contributed by atoms with van der Waals surface area (Å²) in [4.78, 5) is 0. The highest BCUT2D eigenvalue weighted by atomic mass is 32.2. The molecule has 1 aromatic carbocycles. The molecule has 0 amide bonds. The lowest BCUT2D eigenvalue weighted by Crippen LogP contribution is -2.33. The quantitative estimate of drug-likeness (QED) is 0.902. The number of furan rings is 1. The number of fused-ring (bicyclic) bond motifs is 1. The van der Waals surface area contributed by atoms with Crippen LogP contribution >= 0.6 is 23.5 Å². The second-order valence-electron chi connectivity index (χ2n) is 5.25. The molecule has 2 aromatic rings. The van der Waals surface area contributed by atoms with Crippen LogP contribution in [0.3, 0.4) is 0 Å². The Labute approximate surface area is 126 Å². The van der Waals surface area contributed by atoms with E-state index in [9.17, 15) is 4.39 Å². The first kappa shape index (κ1) is 14.3. The number of para-hydroxylation sites is 1. The van der Waals surface area contributed by atoms with Crippen molar-refractivity contribution in [3.8, 4) is 0 Å². The fourth-order valence-corrected chi connectivity index (χ4v) is 5.42. The average molecular weight is 311 g/mol. The molecule has 108 valence electrons. The van der Waals surface area contributed by atoms with Crippen LogP contribution in [-0.2, 0) is 0 Å². The van der Waals surface area contributed by atoms with Crippen molar-refractivity contribution >= 4 is 34.5 Å². The summed E-state index contributed by atoms with van der Waals surface area (Å²) in [5, 5.41) is 2.32. The summed E-state index contributed by atoms with van der Waals surface area (Å²) in [7, 11) is 0. The molecule has 1 fully saturated rings. The molecule has 4 unspecified atom stereocenters. The third-order valence-corrected chi connectivity index (χ3v) is 7.33. The minimum Gasteiger partial charge on any atom is -0.456 e. The van der Waals surface area contributed by atoms with Gasteiger partial charge in [-0.1, -0.05) is 26.0 Å². The number of halogens is 1. The summed E-state index contributed by atoms with van der Waals surface area (Å²) in [6.45, 7) is 4.49. The monoisotopic (exact) mass is 311 g/mol. The van der Waals surface area contributed by atoms with Crippen LogP contribution in [0.1, 0.15) is 25.6 Å². The molecule has 0 radical (unpaired) electrons. The van der Waals surface area contributed by atoms with Crippen LogP contribution in [-0.4, -0.2) is 21.5 Å². The molecule has 1 saturated heterocycles. The zero-order valence-corrected chi connectivity index (χ0v) is 13.1. The van der Waals surface area contributed by atoms with Crippen molar-refractivity contribution in [3.63, 3.8) is 0 Å². The van der Waals surface area contributed by atoms with Gasteiger partial charge in [0.05, 0.1) is 6.04 Å². The first-order chi connectivity index (χ1) is 9.56. The smallest absolute Gasteiger partial charge is 0.169 e. The Kier molecular flexibility index (Phi) is 4.02. The zero-order chi connectivity index (χ0) is 14.3. The maximum Gasteiger partial charge on any atom is 0.169 e. The van der Waals surface area contributed by atoms with Crippen molar-refractivity contribution in [2.75, 3.05) is 5.75 Å². The Morgan fingerprint density at radius 1 is 1.35 bits per heavy atom. The van der Waals surface area contributed by atoms with Crippen molar-refractivity contribution in [3.05, 3.63) is 35.8 Å². The van der Waals surface area contributed by atoms with Gasteiger partial charge in [0.1, 0.15) is 5.76 Å². The van der Waals surface area contributed by atoms with E-state index in [4.69, 9.17) is 10.2 Å². The van der Waals surface area contributed by atoms with Gasteiger partial charge in [-0.15, -0.1) is 0 Å². The van der Waals surface area contributed by atoms with E-state index in [1.807, 2.05) is 35.7 Å². The van der Waals surface area contributed by atoms with Gasteiger partial charge in [-0.2, -0.15) is 23.5 Å². The van der Waals surface area contributed by atoms with Gasteiger partial charge in [0.15, 0.2) is 11.4 Å². The summed E-state index contributed by atoms with van der Waals surface area (Å²) < 4.78 is 19.3. The SMILES string of the molecule is CC1SCC(C(N)c2cc3cccc(F)c3o2)SC1C. The van der Waals surface area contributed by atoms with Crippen molar-refractivity contribution in [1.82, 2.24) is 0 Å². The summed E-state index contributed by atoms with van der Waals surface area (Å²) >= 11 is 3.86. The van der Waals surface area contributed by atoms with Gasteiger partial charge in [0.2, 0.25) is 0 Å². The zero-order valence-electron chi connectivity index (χ0n) is 11.5. The van der Waals surface area contributed by atoms with E-state index in [2.05, 4.69) is 13.8 Å². The number of hydrogen-bond acceptors (Lipinski definition) is 4. The van der Waals surface area contributed by atoms with E-state index in [-0.39, 0.29) is 11.9 Å². The summed E-state index contributed by atoms with van der Waals surface area (Å²) in [5.41, 5.74) is 6.65. The first-order valence-electron chi connectivity index (χ1n) is 6.77. The molecule has 20 heavy (non-hydrogen) atoms. The highest BCUT2D eigenvalue weighted by molar-refractivity contribution is 8.07. The summed E-state index contributed by atoms with van der Waals surface area (Å²) in [5.74, 6) is 1.37. The van der Waals surface area contributed by atoms with E-state index in [1.54, 1.807) is 6.07 Å². The van der Waals surface area contributed by atoms with Crippen LogP contribution in [0.15, 0.2) is 28.7 Å². The van der Waals surface area contributed by atoms with E-state index < -0.39 is 0 Å². The average Bonchev–Trinajstić information content (AvgIpc) is 2.86. The Hall–Kier alpha value is -0.650. The predicted molar refractivity (Wildman–Crippen MR) is 85.9 cm³/mol. The molecule has 0 bridgehead atoms. The molecule has 0 spiro atoms. The molecule has 2 N–H and O–H groups in total. The predicted octanol–water partition coefficient (Wildman–Crippen LogP) is 4.20. The third-order valence-electron chi connectivity index (χ3n) is 3.82. The maximum atomic E-state index is 13.7. The maximum absolute atomic E-state index is 13.7. The van der Waals surface area contributed by atoms with Gasteiger partial charge in [0, 0.05) is 26.9 Å². The lowest BCUT2D eigenvalue weighted by molar-refractivity contribution is 0.478. The molecule has 2 heterocycles. The van der Waals surface area contributed by atoms with E-state index in [1.165, 1.54) is 6.07 Å². The van der Waals surface area contributed by atoms with Crippen molar-refractivity contribution in [2.24, 2.45) is 5.73 Å². The highest BCUT2D eigenvalue weighted by Crippen LogP contribution is 2.41. The Morgan fingerprint density at radius 2 is 2.15 bits per heavy atom. The minimum absolute atomic E-state index is 0.186. The number of hydrogen-bond donors (Lipinski definition) is 1. The first-order valence-corrected chi connectivity index (χ1v) is 8.76. The van der Waals surface area contributed by atoms with Gasteiger partial charge in [0.25, 0.3) is 0 Å². The number of rotatable bonds is 2. The van der Waals surface area contributed by atoms with Crippen molar-refractivity contribution in [1.29, 1.82) is 0 Å². The standard InChI is InChI=1S/C15H18FNOS2/c1-8-9(2)20-13(7-19-8)14(17)12-6-10-4-3-5-11(16)15(10)18-12/h3-6,8-9,13-14H,7,17H2,1-2H3. The molecule has 4 atom stereocenters. The highest BCUT2D eigenvalue weighted by Gasteiger charge is 2.31. The number of nitrogens with two attached hydrogens (primary N) is 1. The molecular formula is C15H18FNOS2. The topological polar surface area (TPSA) is 39.2 Å². The van der Waals surface area contributed by atoms with E-state index in [0.29, 0.717) is 27.1 Å². The van der Waals surface area contributed by atoms with Crippen LogP contribution in [0.2, 0.25) is 0 Å². The summed E-state index contributed by atoms with van der Waals surface area (Å²) in [6.07, 6.45) is 0. The molecule has 1 aliphatic rings. The molecule has 0 saturated carbocycles. The third kappa shape index (κ3) is 2.59. The normalized spacial score (nSPS) is 28.7. The minimum atomic E-state index is -0.325. The van der Waals surface area contributed by atoms with Crippen molar-refractivity contribution < 1.29 is 8.81 Å². The number of thioether (sulfide) groups is 2. The van der Waals surface area contributed by atoms with Crippen LogP contribution in [0.5, 0.6) is 0 Å². The van der Waals surface area contributed by atoms with Crippen LogP contribution in [0, 0.1) is 5.82 Å². The Bertz CT molecular complexity index is 615. The van der Waals surface area contributed by atoms with Gasteiger partial charge in [-0.3, -0.25) is 0 Å². The fourth-order valence-electron chi connectivity index (χ4n) is 2.39. The molecule has 3 rings (SSSR count). The molecule has 5 heteroatoms. The van der Waals surface area contributed by atoms with Crippen LogP contribution in [0.4, 0.5) is 4.39 Å². The lowest BCUT2D eigenvalue weighted by atomic mass is 10.1. The lowest BCUT2D eigenvalue weighted by Gasteiger charge is -2.33. The van der Waals surface area contributed by atoms with Crippen LogP contribution in [0.25, 0.3) is 11.0 Å². The van der Waals surface area contributed by atoms with Gasteiger partial charge < -0.3 is 10.2 Å². The van der Waals surface area contributed by atoms with Gasteiger partial charge >= 0.3 is 0 Å². The molecule has 0 aliphatic carbocycles. The summed E-state index contributed by atoms with van der Waals surface area (Å²) in [6, 6.07) is 6.64.